The highest BCUT2D eigenvalue weighted by Gasteiger charge is 2.29. The van der Waals surface area contributed by atoms with Crippen LogP contribution >= 0.6 is 11.8 Å². The lowest BCUT2D eigenvalue weighted by Gasteiger charge is -2.31. The van der Waals surface area contributed by atoms with Gasteiger partial charge in [0.2, 0.25) is 5.16 Å². The van der Waals surface area contributed by atoms with E-state index in [-0.39, 0.29) is 22.3 Å². The van der Waals surface area contributed by atoms with Crippen molar-refractivity contribution >= 4 is 29.2 Å². The van der Waals surface area contributed by atoms with Gasteiger partial charge < -0.3 is 15.0 Å². The molecule has 1 amide bonds. The minimum Gasteiger partial charge on any atom is -0.480 e. The number of carbonyl (C=O) groups excluding carboxylic acids is 1. The summed E-state index contributed by atoms with van der Waals surface area (Å²) < 4.78 is 9.68. The lowest BCUT2D eigenvalue weighted by Crippen LogP contribution is -2.33. The van der Waals surface area contributed by atoms with Crippen molar-refractivity contribution in [3.05, 3.63) is 94.3 Å². The van der Waals surface area contributed by atoms with Crippen LogP contribution in [0.25, 0.3) is 11.4 Å². The van der Waals surface area contributed by atoms with Crippen LogP contribution in [0, 0.1) is 0 Å². The maximum Gasteiger partial charge on any atom is 0.287 e. The van der Waals surface area contributed by atoms with E-state index >= 15 is 0 Å². The van der Waals surface area contributed by atoms with Crippen molar-refractivity contribution in [3.63, 3.8) is 0 Å². The first-order chi connectivity index (χ1) is 25.5. The summed E-state index contributed by atoms with van der Waals surface area (Å²) in [6.45, 7) is 17.0. The fraction of sp³-hybridized carbons (Fsp3) is 0.439. The van der Waals surface area contributed by atoms with Crippen molar-refractivity contribution in [2.75, 3.05) is 23.3 Å². The highest BCUT2D eigenvalue weighted by atomic mass is 32.2. The molecule has 0 spiro atoms. The van der Waals surface area contributed by atoms with E-state index < -0.39 is 6.10 Å². The van der Waals surface area contributed by atoms with Gasteiger partial charge in [-0.25, -0.2) is 4.68 Å². The summed E-state index contributed by atoms with van der Waals surface area (Å²) in [5.74, 6) is 1.27. The third kappa shape index (κ3) is 8.22. The summed E-state index contributed by atoms with van der Waals surface area (Å²) in [4.78, 5) is 30.5. The number of amides is 1. The molecule has 1 aliphatic rings. The van der Waals surface area contributed by atoms with Crippen molar-refractivity contribution in [1.29, 1.82) is 0 Å². The number of piperidine rings is 1. The summed E-state index contributed by atoms with van der Waals surface area (Å²) in [6, 6.07) is 23.3. The number of rotatable bonds is 14. The van der Waals surface area contributed by atoms with E-state index in [9.17, 15) is 9.59 Å². The van der Waals surface area contributed by atoms with Gasteiger partial charge in [0.1, 0.15) is 16.5 Å². The largest absolute Gasteiger partial charge is 0.480 e. The third-order valence-corrected chi connectivity index (χ3v) is 11.7. The number of nitrogens with zero attached hydrogens (tertiary/aromatic N) is 6. The molecule has 0 bridgehead atoms. The van der Waals surface area contributed by atoms with Crippen LogP contribution in [-0.2, 0) is 15.6 Å². The van der Waals surface area contributed by atoms with Gasteiger partial charge >= 0.3 is 0 Å². The second-order valence-corrected chi connectivity index (χ2v) is 16.0. The molecule has 3 heterocycles. The number of benzene rings is 3. The van der Waals surface area contributed by atoms with E-state index in [0.29, 0.717) is 27.8 Å². The standard InChI is InChI=1S/C41H52N8O3S/c1-8-33(52-34-24-19-28(40(4,5)9-2)27-32(34)41(6,7)10-3)37(50)42-29-20-22-31(23-21-29)48-38(51)35(36(44-48)47-25-15-12-16-26-47)53-39-43-45-46-49(39)30-17-13-11-14-18-30/h11,13-14,17-24,27,33,44H,8-10,12,15-16,25-26H2,1-7H3,(H,42,50). The number of carbonyl (C=O) groups is 1. The van der Waals surface area contributed by atoms with E-state index in [4.69, 9.17) is 4.74 Å². The predicted octanol–water partition coefficient (Wildman–Crippen LogP) is 8.45. The molecule has 0 radical (unpaired) electrons. The van der Waals surface area contributed by atoms with Crippen LogP contribution in [0.1, 0.15) is 98.1 Å². The fourth-order valence-corrected chi connectivity index (χ4v) is 7.39. The zero-order valence-corrected chi connectivity index (χ0v) is 32.8. The number of aromatic amines is 1. The van der Waals surface area contributed by atoms with Crippen LogP contribution in [0.5, 0.6) is 5.75 Å². The minimum atomic E-state index is -0.684. The van der Waals surface area contributed by atoms with E-state index in [2.05, 4.69) is 84.5 Å². The molecular weight excluding hydrogens is 685 g/mol. The first kappa shape index (κ1) is 37.9. The number of ether oxygens (including phenoxy) is 1. The number of aromatic nitrogens is 6. The number of hydrogen-bond acceptors (Lipinski definition) is 8. The van der Waals surface area contributed by atoms with Crippen molar-refractivity contribution in [3.8, 4) is 17.1 Å². The van der Waals surface area contributed by atoms with E-state index in [0.717, 1.165) is 68.0 Å². The molecule has 1 atom stereocenters. The lowest BCUT2D eigenvalue weighted by molar-refractivity contribution is -0.122. The van der Waals surface area contributed by atoms with E-state index in [1.54, 1.807) is 9.36 Å². The Morgan fingerprint density at radius 3 is 2.26 bits per heavy atom. The van der Waals surface area contributed by atoms with Crippen LogP contribution in [0.15, 0.2) is 87.6 Å². The Morgan fingerprint density at radius 2 is 1.60 bits per heavy atom. The molecule has 5 aromatic rings. The zero-order chi connectivity index (χ0) is 37.8. The minimum absolute atomic E-state index is 0.0341. The van der Waals surface area contributed by atoms with Crippen molar-refractivity contribution in [2.24, 2.45) is 0 Å². The van der Waals surface area contributed by atoms with Crippen LogP contribution in [0.2, 0.25) is 0 Å². The molecule has 0 saturated carbocycles. The van der Waals surface area contributed by atoms with Gasteiger partial charge in [0.25, 0.3) is 11.5 Å². The van der Waals surface area contributed by atoms with Gasteiger partial charge in [-0.1, -0.05) is 78.8 Å². The summed E-state index contributed by atoms with van der Waals surface area (Å²) in [6.07, 6.45) is 5.04. The molecule has 53 heavy (non-hydrogen) atoms. The highest BCUT2D eigenvalue weighted by molar-refractivity contribution is 7.99. The molecule has 0 aliphatic carbocycles. The summed E-state index contributed by atoms with van der Waals surface area (Å²) in [7, 11) is 0. The van der Waals surface area contributed by atoms with Gasteiger partial charge in [-0.3, -0.25) is 14.7 Å². The average Bonchev–Trinajstić information content (AvgIpc) is 3.78. The first-order valence-corrected chi connectivity index (χ1v) is 19.6. The number of hydrogen-bond donors (Lipinski definition) is 2. The Morgan fingerprint density at radius 1 is 0.906 bits per heavy atom. The number of H-pyrrole nitrogens is 1. The molecule has 1 unspecified atom stereocenters. The highest BCUT2D eigenvalue weighted by Crippen LogP contribution is 2.39. The van der Waals surface area contributed by atoms with Crippen LogP contribution in [0.4, 0.5) is 11.5 Å². The topological polar surface area (TPSA) is 123 Å². The van der Waals surface area contributed by atoms with Gasteiger partial charge in [-0.15, -0.1) is 5.10 Å². The summed E-state index contributed by atoms with van der Waals surface area (Å²) in [5, 5.41) is 19.3. The van der Waals surface area contributed by atoms with Crippen molar-refractivity contribution in [2.45, 2.75) is 114 Å². The van der Waals surface area contributed by atoms with Crippen LogP contribution in [0.3, 0.4) is 0 Å². The quantitative estimate of drug-likeness (QED) is 0.117. The number of para-hydroxylation sites is 1. The normalized spacial score (nSPS) is 14.3. The Balaban J connectivity index is 1.23. The number of anilines is 2. The molecule has 2 aromatic heterocycles. The fourth-order valence-electron chi connectivity index (χ4n) is 6.45. The average molecular weight is 737 g/mol. The van der Waals surface area contributed by atoms with Crippen LogP contribution < -0.4 is 20.5 Å². The molecule has 3 aromatic carbocycles. The van der Waals surface area contributed by atoms with E-state index in [1.165, 1.54) is 17.3 Å². The smallest absolute Gasteiger partial charge is 0.287 e. The van der Waals surface area contributed by atoms with Crippen LogP contribution in [-0.4, -0.2) is 55.1 Å². The van der Waals surface area contributed by atoms with Crippen molar-refractivity contribution in [1.82, 2.24) is 30.0 Å². The molecule has 280 valence electrons. The van der Waals surface area contributed by atoms with Crippen molar-refractivity contribution < 1.29 is 9.53 Å². The lowest BCUT2D eigenvalue weighted by atomic mass is 9.76. The van der Waals surface area contributed by atoms with Gasteiger partial charge in [-0.05, 0) is 120 Å². The Bertz CT molecular complexity index is 2060. The molecule has 11 nitrogen and oxygen atoms in total. The second-order valence-electron chi connectivity index (χ2n) is 15.0. The van der Waals surface area contributed by atoms with E-state index in [1.807, 2.05) is 67.6 Å². The monoisotopic (exact) mass is 736 g/mol. The van der Waals surface area contributed by atoms with Gasteiger partial charge in [0, 0.05) is 24.3 Å². The second kappa shape index (κ2) is 16.0. The Labute approximate surface area is 316 Å². The molecule has 2 N–H and O–H groups in total. The number of tetrazole rings is 1. The SMILES string of the molecule is CCC(Oc1ccc(C(C)(C)CC)cc1C(C)(C)CC)C(=O)Nc1ccc(-n2[nH]c(N3CCCCC3)c(Sc3nnnn3-c3ccccc3)c2=O)cc1. The Hall–Kier alpha value is -4.84. The van der Waals surface area contributed by atoms with Gasteiger partial charge in [0.05, 0.1) is 11.4 Å². The van der Waals surface area contributed by atoms with Gasteiger partial charge in [0.15, 0.2) is 6.10 Å². The Kier molecular flexibility index (Phi) is 11.5. The van der Waals surface area contributed by atoms with Gasteiger partial charge in [-0.2, -0.15) is 4.68 Å². The molecule has 12 heteroatoms. The summed E-state index contributed by atoms with van der Waals surface area (Å²) >= 11 is 1.25. The molecule has 6 rings (SSSR count). The molecule has 1 aliphatic heterocycles. The predicted molar refractivity (Wildman–Crippen MR) is 212 cm³/mol. The maximum absolute atomic E-state index is 14.1. The molecule has 1 fully saturated rings. The molecular formula is C41H52N8O3S. The summed E-state index contributed by atoms with van der Waals surface area (Å²) in [5.41, 5.74) is 4.16. The first-order valence-electron chi connectivity index (χ1n) is 18.8. The zero-order valence-electron chi connectivity index (χ0n) is 32.0. The third-order valence-electron chi connectivity index (χ3n) is 10.7. The maximum atomic E-state index is 14.1. The molecule has 1 saturated heterocycles. The number of nitrogens with one attached hydrogen (secondary N) is 2.